The van der Waals surface area contributed by atoms with E-state index >= 15 is 0 Å². The molecule has 6 rings (SSSR count). The van der Waals surface area contributed by atoms with E-state index in [1.165, 1.54) is 53.4 Å². The van der Waals surface area contributed by atoms with Crippen LogP contribution in [0.4, 0.5) is 0 Å². The Morgan fingerprint density at radius 1 is 0.930 bits per heavy atom. The third-order valence-corrected chi connectivity index (χ3v) is 9.08. The third kappa shape index (κ3) is 5.86. The summed E-state index contributed by atoms with van der Waals surface area (Å²) in [6.45, 7) is 12.3. The molecule has 5 aromatic rings. The molecule has 1 aliphatic rings. The largest absolute Gasteiger partial charge is 0.398 e. The zero-order valence-electron chi connectivity index (χ0n) is 24.6. The van der Waals surface area contributed by atoms with E-state index in [9.17, 15) is 0 Å². The van der Waals surface area contributed by atoms with Crippen molar-refractivity contribution in [2.24, 2.45) is 5.73 Å². The first-order valence-electron chi connectivity index (χ1n) is 14.4. The van der Waals surface area contributed by atoms with Crippen LogP contribution < -0.4 is 5.73 Å². The summed E-state index contributed by atoms with van der Waals surface area (Å²) in [5, 5.41) is 4.84. The summed E-state index contributed by atoms with van der Waals surface area (Å²) < 4.78 is 2.53. The predicted octanol–water partition coefficient (Wildman–Crippen LogP) is 11.0. The van der Waals surface area contributed by atoms with Gasteiger partial charge >= 0.3 is 0 Å². The van der Waals surface area contributed by atoms with E-state index in [4.69, 9.17) is 5.73 Å². The molecule has 0 atom stereocenters. The van der Waals surface area contributed by atoms with Crippen LogP contribution in [0.25, 0.3) is 47.8 Å². The molecule has 3 heteroatoms. The van der Waals surface area contributed by atoms with Crippen molar-refractivity contribution in [3.63, 3.8) is 0 Å². The maximum absolute atomic E-state index is 6.67. The van der Waals surface area contributed by atoms with Crippen molar-refractivity contribution in [2.75, 3.05) is 0 Å². The molecule has 0 unspecified atom stereocenters. The van der Waals surface area contributed by atoms with E-state index in [2.05, 4.69) is 110 Å². The minimum atomic E-state index is 0.752. The highest BCUT2D eigenvalue weighted by Crippen LogP contribution is 2.41. The lowest BCUT2D eigenvalue weighted by Gasteiger charge is -2.12. The SMILES string of the molecule is C=C(/C=C\C)C(=C)/C=C\C1=C(C)C/C(=C\C=C(/N)c2ccc3sc4cccc(-c5ccc6ccncc6c5)c4c3c2)C=C1. The van der Waals surface area contributed by atoms with Gasteiger partial charge in [0.2, 0.25) is 0 Å². The molecule has 0 aliphatic heterocycles. The Bertz CT molecular complexity index is 2110. The van der Waals surface area contributed by atoms with Gasteiger partial charge in [0.05, 0.1) is 0 Å². The Balaban J connectivity index is 1.28. The van der Waals surface area contributed by atoms with Crippen LogP contribution in [-0.2, 0) is 0 Å². The number of hydrogen-bond acceptors (Lipinski definition) is 3. The number of aromatic nitrogens is 1. The number of nitrogens with zero attached hydrogens (tertiary/aromatic N) is 1. The highest BCUT2D eigenvalue weighted by molar-refractivity contribution is 7.25. The van der Waals surface area contributed by atoms with E-state index < -0.39 is 0 Å². The molecule has 0 fully saturated rings. The minimum Gasteiger partial charge on any atom is -0.398 e. The highest BCUT2D eigenvalue weighted by Gasteiger charge is 2.13. The van der Waals surface area contributed by atoms with Gasteiger partial charge < -0.3 is 5.73 Å². The van der Waals surface area contributed by atoms with Crippen molar-refractivity contribution in [1.29, 1.82) is 0 Å². The molecule has 43 heavy (non-hydrogen) atoms. The smallest absolute Gasteiger partial charge is 0.0387 e. The lowest BCUT2D eigenvalue weighted by molar-refractivity contribution is 1.11. The fourth-order valence-corrected chi connectivity index (χ4v) is 6.63. The average Bonchev–Trinajstić information content (AvgIpc) is 3.41. The zero-order valence-corrected chi connectivity index (χ0v) is 25.4. The van der Waals surface area contributed by atoms with Crippen LogP contribution in [0.3, 0.4) is 0 Å². The molecule has 210 valence electrons. The quantitative estimate of drug-likeness (QED) is 0.196. The third-order valence-electron chi connectivity index (χ3n) is 7.94. The first-order chi connectivity index (χ1) is 20.9. The summed E-state index contributed by atoms with van der Waals surface area (Å²) in [6.07, 6.45) is 21.2. The summed E-state index contributed by atoms with van der Waals surface area (Å²) in [5.41, 5.74) is 16.4. The van der Waals surface area contributed by atoms with E-state index in [1.807, 2.05) is 55.0 Å². The Kier molecular flexibility index (Phi) is 7.91. The van der Waals surface area contributed by atoms with Crippen molar-refractivity contribution in [1.82, 2.24) is 4.98 Å². The van der Waals surface area contributed by atoms with Crippen LogP contribution in [0.15, 0.2) is 163 Å². The molecule has 2 aromatic heterocycles. The molecule has 0 spiro atoms. The van der Waals surface area contributed by atoms with Gasteiger partial charge in [0.25, 0.3) is 0 Å². The van der Waals surface area contributed by atoms with Gasteiger partial charge in [0, 0.05) is 43.6 Å². The van der Waals surface area contributed by atoms with E-state index in [-0.39, 0.29) is 0 Å². The van der Waals surface area contributed by atoms with Gasteiger partial charge in [-0.25, -0.2) is 0 Å². The van der Waals surface area contributed by atoms with E-state index in [0.717, 1.165) is 34.2 Å². The second kappa shape index (κ2) is 12.1. The number of thiophene rings is 1. The lowest BCUT2D eigenvalue weighted by Crippen LogP contribution is -1.96. The summed E-state index contributed by atoms with van der Waals surface area (Å²) in [5.74, 6) is 0. The van der Waals surface area contributed by atoms with Gasteiger partial charge in [0.15, 0.2) is 0 Å². The van der Waals surface area contributed by atoms with Crippen molar-refractivity contribution in [3.05, 3.63) is 168 Å². The molecule has 0 saturated carbocycles. The number of rotatable bonds is 7. The van der Waals surface area contributed by atoms with Crippen LogP contribution >= 0.6 is 11.3 Å². The zero-order chi connectivity index (χ0) is 29.9. The fourth-order valence-electron chi connectivity index (χ4n) is 5.52. The van der Waals surface area contributed by atoms with Gasteiger partial charge in [0.1, 0.15) is 0 Å². The van der Waals surface area contributed by atoms with Crippen molar-refractivity contribution < 1.29 is 0 Å². The number of benzene rings is 3. The second-order valence-electron chi connectivity index (χ2n) is 10.9. The summed E-state index contributed by atoms with van der Waals surface area (Å²) in [4.78, 5) is 4.33. The molecule has 1 aliphatic carbocycles. The van der Waals surface area contributed by atoms with Crippen molar-refractivity contribution >= 4 is 48.0 Å². The van der Waals surface area contributed by atoms with Crippen LogP contribution in [0, 0.1) is 0 Å². The predicted molar refractivity (Wildman–Crippen MR) is 189 cm³/mol. The van der Waals surface area contributed by atoms with E-state index in [1.54, 1.807) is 0 Å². The lowest BCUT2D eigenvalue weighted by atomic mass is 9.93. The molecular formula is C40H34N2S. The van der Waals surface area contributed by atoms with Crippen LogP contribution in [0.5, 0.6) is 0 Å². The molecule has 0 saturated heterocycles. The molecule has 0 bridgehead atoms. The van der Waals surface area contributed by atoms with Gasteiger partial charge in [-0.3, -0.25) is 4.98 Å². The van der Waals surface area contributed by atoms with Crippen LogP contribution in [0.1, 0.15) is 25.8 Å². The number of allylic oxidation sites excluding steroid dienone is 13. The van der Waals surface area contributed by atoms with E-state index in [0.29, 0.717) is 0 Å². The second-order valence-corrected chi connectivity index (χ2v) is 12.0. The monoisotopic (exact) mass is 574 g/mol. The fraction of sp³-hybridized carbons (Fsp3) is 0.0750. The number of pyridine rings is 1. The normalized spacial score (nSPS) is 15.2. The van der Waals surface area contributed by atoms with Gasteiger partial charge in [-0.05, 0) is 101 Å². The Morgan fingerprint density at radius 3 is 2.63 bits per heavy atom. The highest BCUT2D eigenvalue weighted by atomic mass is 32.1. The topological polar surface area (TPSA) is 38.9 Å². The first kappa shape index (κ1) is 28.1. The first-order valence-corrected chi connectivity index (χ1v) is 15.3. The standard InChI is InChI=1S/C40H34N2S/c1-5-7-26(2)27(3)10-13-30-14-11-29(22-28(30)4)12-18-37(41)33-17-19-38-36(24-33)40-35(8-6-9-39(40)43-38)32-16-15-31-20-21-42-25-34(31)23-32/h5-21,23-25H,2-3,22,41H2,1,4H3/b7-5-,13-10-,29-12-,37-18-. The summed E-state index contributed by atoms with van der Waals surface area (Å²) in [6, 6.07) is 21.8. The molecule has 2 heterocycles. The molecule has 3 aromatic carbocycles. The van der Waals surface area contributed by atoms with Crippen molar-refractivity contribution in [2.45, 2.75) is 20.3 Å². The van der Waals surface area contributed by atoms with Gasteiger partial charge in [-0.1, -0.05) is 91.6 Å². The summed E-state index contributed by atoms with van der Waals surface area (Å²) >= 11 is 1.82. The van der Waals surface area contributed by atoms with Gasteiger partial charge in [-0.2, -0.15) is 0 Å². The minimum absolute atomic E-state index is 0.752. The van der Waals surface area contributed by atoms with Crippen LogP contribution in [0.2, 0.25) is 0 Å². The molecule has 0 radical (unpaired) electrons. The maximum Gasteiger partial charge on any atom is 0.0387 e. The average molecular weight is 575 g/mol. The number of hydrogen-bond donors (Lipinski definition) is 1. The molecule has 2 nitrogen and oxygen atoms in total. The summed E-state index contributed by atoms with van der Waals surface area (Å²) in [7, 11) is 0. The van der Waals surface area contributed by atoms with Crippen LogP contribution in [-0.4, -0.2) is 4.98 Å². The Labute approximate surface area is 257 Å². The maximum atomic E-state index is 6.67. The number of nitrogens with two attached hydrogens (primary N) is 1. The number of fused-ring (bicyclic) bond motifs is 4. The Morgan fingerprint density at radius 2 is 1.79 bits per heavy atom. The Hall–Kier alpha value is -4.99. The molecule has 2 N–H and O–H groups in total. The van der Waals surface area contributed by atoms with Crippen molar-refractivity contribution in [3.8, 4) is 11.1 Å². The molecule has 0 amide bonds. The molecular weight excluding hydrogens is 541 g/mol. The van der Waals surface area contributed by atoms with Gasteiger partial charge in [-0.15, -0.1) is 11.3 Å².